The Balaban J connectivity index is 1.70. The summed E-state index contributed by atoms with van der Waals surface area (Å²) >= 11 is 0. The molecule has 4 N–H and O–H groups in total. The van der Waals surface area contributed by atoms with Gasteiger partial charge in [-0.15, -0.1) is 0 Å². The molecular weight excluding hydrogens is 406 g/mol. The van der Waals surface area contributed by atoms with E-state index in [1.165, 1.54) is 0 Å². The molecule has 1 unspecified atom stereocenters. The van der Waals surface area contributed by atoms with Crippen LogP contribution >= 0.6 is 0 Å². The number of nitrogens with two attached hydrogens (primary N) is 1. The van der Waals surface area contributed by atoms with E-state index in [-0.39, 0.29) is 11.8 Å². The van der Waals surface area contributed by atoms with E-state index in [0.29, 0.717) is 41.5 Å². The average Bonchev–Trinajstić information content (AvgIpc) is 3.19. The maximum absolute atomic E-state index is 12.0. The van der Waals surface area contributed by atoms with E-state index in [2.05, 4.69) is 29.1 Å². The van der Waals surface area contributed by atoms with Crippen molar-refractivity contribution in [2.24, 2.45) is 16.1 Å². The molecule has 1 aliphatic rings. The molecule has 0 saturated heterocycles. The number of fused-ring (bicyclic) bond motifs is 1. The van der Waals surface area contributed by atoms with Crippen molar-refractivity contribution in [2.45, 2.75) is 33.2 Å². The number of primary amides is 1. The van der Waals surface area contributed by atoms with Gasteiger partial charge in [0.1, 0.15) is 11.3 Å². The monoisotopic (exact) mass is 433 g/mol. The van der Waals surface area contributed by atoms with Gasteiger partial charge < -0.3 is 20.7 Å². The van der Waals surface area contributed by atoms with Gasteiger partial charge in [-0.2, -0.15) is 0 Å². The number of aromatic nitrogens is 4. The molecule has 166 valence electrons. The summed E-state index contributed by atoms with van der Waals surface area (Å²) in [7, 11) is 0. The molecule has 0 aliphatic carbocycles. The van der Waals surface area contributed by atoms with E-state index in [1.807, 2.05) is 16.7 Å². The van der Waals surface area contributed by atoms with Gasteiger partial charge in [-0.3, -0.25) is 9.79 Å². The normalized spacial score (nSPS) is 18.2. The number of nitrogens with one attached hydrogen (secondary N) is 1. The van der Waals surface area contributed by atoms with E-state index >= 15 is 0 Å². The van der Waals surface area contributed by atoms with E-state index in [1.54, 1.807) is 37.7 Å². The van der Waals surface area contributed by atoms with Crippen LogP contribution in [0.15, 0.2) is 41.7 Å². The van der Waals surface area contributed by atoms with Crippen molar-refractivity contribution in [1.82, 2.24) is 19.5 Å². The highest BCUT2D eigenvalue weighted by molar-refractivity contribution is 6.11. The van der Waals surface area contributed by atoms with Crippen LogP contribution in [0.25, 0.3) is 16.7 Å². The minimum Gasteiger partial charge on any atom is -0.508 e. The highest BCUT2D eigenvalue weighted by Gasteiger charge is 2.32. The van der Waals surface area contributed by atoms with Gasteiger partial charge in [0.25, 0.3) is 0 Å². The van der Waals surface area contributed by atoms with Crippen LogP contribution in [-0.2, 0) is 11.2 Å². The maximum Gasteiger partial charge on any atom is 0.229 e. The fraction of sp³-hybridized carbons (Fsp3) is 0.348. The molecule has 1 atom stereocenters. The zero-order chi connectivity index (χ0) is 22.9. The van der Waals surface area contributed by atoms with Crippen LogP contribution in [0.2, 0.25) is 0 Å². The number of hydrogen-bond acceptors (Lipinski definition) is 7. The van der Waals surface area contributed by atoms with Crippen LogP contribution in [0.5, 0.6) is 5.75 Å². The first kappa shape index (κ1) is 21.5. The third-order valence-corrected chi connectivity index (χ3v) is 5.57. The summed E-state index contributed by atoms with van der Waals surface area (Å²) in [4.78, 5) is 30.3. The van der Waals surface area contributed by atoms with Crippen molar-refractivity contribution in [2.75, 3.05) is 18.4 Å². The molecule has 0 saturated carbocycles. The lowest BCUT2D eigenvalue weighted by molar-refractivity contribution is -0.124. The minimum absolute atomic E-state index is 0.164. The van der Waals surface area contributed by atoms with Gasteiger partial charge in [0.2, 0.25) is 5.91 Å². The number of allylic oxidation sites excluding steroid dienone is 1. The summed E-state index contributed by atoms with van der Waals surface area (Å²) in [6, 6.07) is 7.28. The van der Waals surface area contributed by atoms with Crippen LogP contribution < -0.4 is 11.1 Å². The van der Waals surface area contributed by atoms with E-state index in [9.17, 15) is 9.90 Å². The number of hydrogen-bond donors (Lipinski definition) is 3. The third-order valence-electron chi connectivity index (χ3n) is 5.57. The maximum atomic E-state index is 12.0. The van der Waals surface area contributed by atoms with Gasteiger partial charge in [0.05, 0.1) is 18.3 Å². The predicted octanol–water partition coefficient (Wildman–Crippen LogP) is 2.73. The molecule has 3 heterocycles. The first-order chi connectivity index (χ1) is 15.3. The smallest absolute Gasteiger partial charge is 0.229 e. The van der Waals surface area contributed by atoms with Crippen molar-refractivity contribution in [3.05, 3.63) is 48.1 Å². The van der Waals surface area contributed by atoms with Crippen molar-refractivity contribution in [3.63, 3.8) is 0 Å². The molecule has 4 rings (SSSR count). The number of imidazole rings is 1. The average molecular weight is 434 g/mol. The number of aromatic hydroxyl groups is 1. The predicted molar refractivity (Wildman–Crippen MR) is 125 cm³/mol. The molecule has 0 bridgehead atoms. The Labute approximate surface area is 186 Å². The molecule has 3 aromatic rings. The number of benzene rings is 1. The second kappa shape index (κ2) is 8.41. The van der Waals surface area contributed by atoms with E-state index in [4.69, 9.17) is 15.7 Å². The Morgan fingerprint density at radius 1 is 1.28 bits per heavy atom. The summed E-state index contributed by atoms with van der Waals surface area (Å²) < 4.78 is 1.99. The second-order valence-corrected chi connectivity index (χ2v) is 8.51. The Morgan fingerprint density at radius 3 is 2.72 bits per heavy atom. The summed E-state index contributed by atoms with van der Waals surface area (Å²) in [6.45, 7) is 6.81. The van der Waals surface area contributed by atoms with Crippen molar-refractivity contribution in [1.29, 1.82) is 0 Å². The van der Waals surface area contributed by atoms with Gasteiger partial charge in [-0.25, -0.2) is 15.0 Å². The van der Waals surface area contributed by atoms with Gasteiger partial charge in [-0.1, -0.05) is 18.2 Å². The van der Waals surface area contributed by atoms with Crippen molar-refractivity contribution < 1.29 is 9.90 Å². The standard InChI is InChI=1S/C23H27N7O2/c1-14(2)30-13-27-18-20(26-9-8-15-4-6-17(31)7-5-15)28-19(29-21(18)30)16-10-23(3,22(24)32)12-25-11-16/h4-7,10-11,13-14,31H,8-9,12H2,1-3H3,(H2,24,32)(H,26,28,29). The number of phenolic OH excluding ortho intramolecular Hbond substituents is 1. The number of carbonyl (C=O) groups is 1. The summed E-state index contributed by atoms with van der Waals surface area (Å²) in [5, 5.41) is 12.8. The number of aliphatic imine (C=N–C) groups is 1. The van der Waals surface area contributed by atoms with Crippen LogP contribution in [-0.4, -0.2) is 49.8 Å². The number of carbonyl (C=O) groups excluding carboxylic acids is 1. The molecular formula is C23H27N7O2. The lowest BCUT2D eigenvalue weighted by Crippen LogP contribution is -2.37. The van der Waals surface area contributed by atoms with Gasteiger partial charge in [-0.05, 0) is 44.9 Å². The van der Waals surface area contributed by atoms with Gasteiger partial charge in [0, 0.05) is 24.4 Å². The number of dihydropyridines is 1. The van der Waals surface area contributed by atoms with Crippen LogP contribution in [0.4, 0.5) is 5.82 Å². The first-order valence-electron chi connectivity index (χ1n) is 10.6. The van der Waals surface area contributed by atoms with Crippen LogP contribution in [0, 0.1) is 5.41 Å². The van der Waals surface area contributed by atoms with Crippen molar-refractivity contribution in [3.8, 4) is 5.75 Å². The zero-order valence-corrected chi connectivity index (χ0v) is 18.4. The highest BCUT2D eigenvalue weighted by Crippen LogP contribution is 2.29. The number of phenols is 1. The molecule has 1 aromatic carbocycles. The van der Waals surface area contributed by atoms with Gasteiger partial charge in [0.15, 0.2) is 17.3 Å². The van der Waals surface area contributed by atoms with Crippen LogP contribution in [0.1, 0.15) is 38.2 Å². The molecule has 9 nitrogen and oxygen atoms in total. The number of anilines is 1. The molecule has 0 spiro atoms. The molecule has 0 radical (unpaired) electrons. The number of rotatable bonds is 7. The highest BCUT2D eigenvalue weighted by atomic mass is 16.3. The lowest BCUT2D eigenvalue weighted by Gasteiger charge is -2.23. The Morgan fingerprint density at radius 2 is 2.03 bits per heavy atom. The summed E-state index contributed by atoms with van der Waals surface area (Å²) in [6.07, 6.45) is 5.98. The Bertz CT molecular complexity index is 1210. The van der Waals surface area contributed by atoms with E-state index in [0.717, 1.165) is 12.0 Å². The van der Waals surface area contributed by atoms with E-state index < -0.39 is 11.3 Å². The fourth-order valence-electron chi connectivity index (χ4n) is 3.57. The molecule has 1 aliphatic heterocycles. The molecule has 32 heavy (non-hydrogen) atoms. The number of nitrogens with zero attached hydrogens (tertiary/aromatic N) is 5. The molecule has 2 aromatic heterocycles. The quantitative estimate of drug-likeness (QED) is 0.525. The summed E-state index contributed by atoms with van der Waals surface area (Å²) in [5.74, 6) is 0.882. The topological polar surface area (TPSA) is 131 Å². The van der Waals surface area contributed by atoms with Crippen LogP contribution in [0.3, 0.4) is 0 Å². The Kier molecular flexibility index (Phi) is 5.65. The third kappa shape index (κ3) is 4.18. The summed E-state index contributed by atoms with van der Waals surface area (Å²) in [5.41, 5.74) is 7.84. The van der Waals surface area contributed by atoms with Gasteiger partial charge >= 0.3 is 0 Å². The SMILES string of the molecule is CC(C)n1cnc2c(NCCc3ccc(O)cc3)nc(C3=CC(C)(C(N)=O)CN=C3)nc21. The number of amides is 1. The largest absolute Gasteiger partial charge is 0.508 e. The first-order valence-corrected chi connectivity index (χ1v) is 10.6. The molecule has 1 amide bonds. The molecule has 9 heteroatoms. The Hall–Kier alpha value is -3.75. The minimum atomic E-state index is -0.882. The zero-order valence-electron chi connectivity index (χ0n) is 18.4. The second-order valence-electron chi connectivity index (χ2n) is 8.51. The van der Waals surface area contributed by atoms with Crippen molar-refractivity contribution >= 4 is 34.7 Å². The lowest BCUT2D eigenvalue weighted by atomic mass is 9.86. The molecule has 0 fully saturated rings. The fourth-order valence-corrected chi connectivity index (χ4v) is 3.57.